The van der Waals surface area contributed by atoms with E-state index in [1.807, 2.05) is 79.0 Å². The van der Waals surface area contributed by atoms with E-state index in [1.54, 1.807) is 10.8 Å². The Bertz CT molecular complexity index is 1040. The molecule has 0 saturated heterocycles. The number of benzene rings is 2. The molecule has 0 radical (unpaired) electrons. The van der Waals surface area contributed by atoms with Crippen LogP contribution >= 0.6 is 0 Å². The van der Waals surface area contributed by atoms with E-state index in [9.17, 15) is 4.79 Å². The Kier molecular flexibility index (Phi) is 5.97. The summed E-state index contributed by atoms with van der Waals surface area (Å²) in [6, 6.07) is 23.2. The van der Waals surface area contributed by atoms with Gasteiger partial charge in [-0.2, -0.15) is 15.6 Å². The lowest BCUT2D eigenvalue weighted by Crippen LogP contribution is -2.30. The number of amides is 1. The average molecular weight is 367 g/mol. The molecule has 6 nitrogen and oxygen atoms in total. The minimum absolute atomic E-state index is 0.133. The zero-order valence-electron chi connectivity index (χ0n) is 15.1. The highest BCUT2D eigenvalue weighted by Gasteiger charge is 2.13. The first-order valence-corrected chi connectivity index (χ1v) is 8.64. The van der Waals surface area contributed by atoms with Crippen LogP contribution in [0.25, 0.3) is 23.0 Å². The summed E-state index contributed by atoms with van der Waals surface area (Å²) >= 11 is 0. The minimum Gasteiger partial charge on any atom is -0.313 e. The third-order valence-electron chi connectivity index (χ3n) is 4.05. The molecule has 0 aliphatic carbocycles. The van der Waals surface area contributed by atoms with Gasteiger partial charge in [0.2, 0.25) is 5.91 Å². The Morgan fingerprint density at radius 3 is 2.21 bits per heavy atom. The molecule has 1 aromatic heterocycles. The number of rotatable bonds is 6. The van der Waals surface area contributed by atoms with Gasteiger partial charge in [-0.15, -0.1) is 0 Å². The second-order valence-electron chi connectivity index (χ2n) is 5.92. The van der Waals surface area contributed by atoms with Gasteiger partial charge >= 0.3 is 0 Å². The Morgan fingerprint density at radius 2 is 1.61 bits per heavy atom. The number of hydrogen-bond acceptors (Lipinski definition) is 4. The van der Waals surface area contributed by atoms with Gasteiger partial charge in [0.25, 0.3) is 0 Å². The van der Waals surface area contributed by atoms with E-state index >= 15 is 0 Å². The topological polar surface area (TPSA) is 85.7 Å². The Morgan fingerprint density at radius 1 is 1.00 bits per heavy atom. The fourth-order valence-electron chi connectivity index (χ4n) is 2.69. The molecule has 28 heavy (non-hydrogen) atoms. The summed E-state index contributed by atoms with van der Waals surface area (Å²) in [5.41, 5.74) is 3.33. The zero-order chi connectivity index (χ0) is 19.8. The summed E-state index contributed by atoms with van der Waals surface area (Å²) in [5, 5.41) is 22.3. The Labute approximate surface area is 163 Å². The zero-order valence-corrected chi connectivity index (χ0v) is 15.1. The molecule has 0 aliphatic rings. The van der Waals surface area contributed by atoms with Crippen LogP contribution < -0.4 is 0 Å². The summed E-state index contributed by atoms with van der Waals surface area (Å²) in [6.45, 7) is -0.267. The highest BCUT2D eigenvalue weighted by molar-refractivity contribution is 5.93. The fraction of sp³-hybridized carbons (Fsp3) is 0.0909. The van der Waals surface area contributed by atoms with Gasteiger partial charge in [0.1, 0.15) is 13.1 Å². The van der Waals surface area contributed by atoms with Gasteiger partial charge in [0.15, 0.2) is 0 Å². The number of nitrogens with zero attached hydrogens (tertiary/aromatic N) is 5. The fourth-order valence-corrected chi connectivity index (χ4v) is 2.69. The van der Waals surface area contributed by atoms with Gasteiger partial charge < -0.3 is 4.90 Å². The van der Waals surface area contributed by atoms with Crippen LogP contribution in [0.2, 0.25) is 0 Å². The number of aromatic nitrogens is 2. The molecule has 0 atom stereocenters. The molecule has 6 heteroatoms. The molecule has 136 valence electrons. The van der Waals surface area contributed by atoms with Crippen molar-refractivity contribution in [2.24, 2.45) is 0 Å². The monoisotopic (exact) mass is 367 g/mol. The van der Waals surface area contributed by atoms with E-state index in [0.717, 1.165) is 22.5 Å². The molecule has 2 aromatic carbocycles. The van der Waals surface area contributed by atoms with Crippen LogP contribution in [0.3, 0.4) is 0 Å². The summed E-state index contributed by atoms with van der Waals surface area (Å²) in [7, 11) is 0. The quantitative estimate of drug-likeness (QED) is 0.493. The molecule has 1 amide bonds. The van der Waals surface area contributed by atoms with Crippen molar-refractivity contribution in [2.45, 2.75) is 0 Å². The van der Waals surface area contributed by atoms with Gasteiger partial charge in [-0.1, -0.05) is 48.5 Å². The maximum atomic E-state index is 12.3. The minimum atomic E-state index is -0.394. The van der Waals surface area contributed by atoms with Crippen LogP contribution in [-0.4, -0.2) is 33.7 Å². The number of carbonyl (C=O) groups is 1. The van der Waals surface area contributed by atoms with Gasteiger partial charge in [0, 0.05) is 23.4 Å². The summed E-state index contributed by atoms with van der Waals surface area (Å²) in [4.78, 5) is 13.5. The summed E-state index contributed by atoms with van der Waals surface area (Å²) in [5.74, 6) is -0.394. The molecule has 3 rings (SSSR count). The third kappa shape index (κ3) is 4.32. The SMILES string of the molecule is N#CCN(CC#N)C(=O)C=Cc1cn(-c2ccccc2)nc1-c1ccccc1. The molecule has 0 aliphatic heterocycles. The number of hydrogen-bond donors (Lipinski definition) is 0. The smallest absolute Gasteiger partial charge is 0.248 e. The first kappa shape index (κ1) is 18.6. The maximum absolute atomic E-state index is 12.3. The highest BCUT2D eigenvalue weighted by atomic mass is 16.2. The van der Waals surface area contributed by atoms with Gasteiger partial charge in [-0.05, 0) is 18.2 Å². The van der Waals surface area contributed by atoms with Crippen molar-refractivity contribution in [2.75, 3.05) is 13.1 Å². The molecule has 0 bridgehead atoms. The van der Waals surface area contributed by atoms with Crippen molar-refractivity contribution in [3.8, 4) is 29.1 Å². The Balaban J connectivity index is 1.97. The van der Waals surface area contributed by atoms with Crippen LogP contribution in [0, 0.1) is 22.7 Å². The van der Waals surface area contributed by atoms with E-state index in [1.165, 1.54) is 11.0 Å². The van der Waals surface area contributed by atoms with Crippen LogP contribution in [-0.2, 0) is 4.79 Å². The molecule has 0 saturated carbocycles. The lowest BCUT2D eigenvalue weighted by atomic mass is 10.1. The standard InChI is InChI=1S/C22H17N5O/c23-13-15-26(16-14-24)21(28)12-11-19-17-27(20-9-5-2-6-10-20)25-22(19)18-7-3-1-4-8-18/h1-12,17H,15-16H2. The predicted octanol–water partition coefficient (Wildman–Crippen LogP) is 3.43. The molecular formula is C22H17N5O. The van der Waals surface area contributed by atoms with E-state index in [0.29, 0.717) is 0 Å². The first-order valence-electron chi connectivity index (χ1n) is 8.64. The molecule has 0 N–H and O–H groups in total. The van der Waals surface area contributed by atoms with E-state index in [-0.39, 0.29) is 13.1 Å². The molecule has 0 spiro atoms. The largest absolute Gasteiger partial charge is 0.313 e. The molecule has 0 unspecified atom stereocenters. The van der Waals surface area contributed by atoms with Crippen molar-refractivity contribution in [1.29, 1.82) is 10.5 Å². The van der Waals surface area contributed by atoms with Gasteiger partial charge in [0.05, 0.1) is 23.5 Å². The maximum Gasteiger partial charge on any atom is 0.248 e. The summed E-state index contributed by atoms with van der Waals surface area (Å²) in [6.07, 6.45) is 4.88. The second-order valence-corrected chi connectivity index (χ2v) is 5.92. The van der Waals surface area contributed by atoms with Crippen molar-refractivity contribution in [3.05, 3.63) is 78.5 Å². The van der Waals surface area contributed by atoms with Crippen molar-refractivity contribution < 1.29 is 4.79 Å². The third-order valence-corrected chi connectivity index (χ3v) is 4.05. The van der Waals surface area contributed by atoms with Gasteiger partial charge in [-0.3, -0.25) is 4.79 Å². The van der Waals surface area contributed by atoms with Crippen LogP contribution in [0.15, 0.2) is 72.9 Å². The van der Waals surface area contributed by atoms with Crippen molar-refractivity contribution in [1.82, 2.24) is 14.7 Å². The number of carbonyl (C=O) groups excluding carboxylic acids is 1. The normalized spacial score (nSPS) is 10.4. The number of para-hydroxylation sites is 1. The highest BCUT2D eigenvalue weighted by Crippen LogP contribution is 2.24. The Hall–Kier alpha value is -4.16. The van der Waals surface area contributed by atoms with Crippen LogP contribution in [0.5, 0.6) is 0 Å². The van der Waals surface area contributed by atoms with E-state index in [4.69, 9.17) is 10.5 Å². The van der Waals surface area contributed by atoms with E-state index in [2.05, 4.69) is 5.10 Å². The lowest BCUT2D eigenvalue weighted by Gasteiger charge is -2.12. The predicted molar refractivity (Wildman–Crippen MR) is 106 cm³/mol. The van der Waals surface area contributed by atoms with Crippen LogP contribution in [0.4, 0.5) is 0 Å². The molecule has 1 heterocycles. The van der Waals surface area contributed by atoms with Crippen molar-refractivity contribution >= 4 is 12.0 Å². The van der Waals surface area contributed by atoms with Gasteiger partial charge in [-0.25, -0.2) is 4.68 Å². The molecule has 3 aromatic rings. The summed E-state index contributed by atoms with van der Waals surface area (Å²) < 4.78 is 1.76. The second kappa shape index (κ2) is 8.98. The number of nitriles is 2. The van der Waals surface area contributed by atoms with Crippen molar-refractivity contribution in [3.63, 3.8) is 0 Å². The van der Waals surface area contributed by atoms with Crippen LogP contribution in [0.1, 0.15) is 5.56 Å². The molecule has 0 fully saturated rings. The average Bonchev–Trinajstić information content (AvgIpc) is 3.17. The van der Waals surface area contributed by atoms with E-state index < -0.39 is 5.91 Å². The first-order chi connectivity index (χ1) is 13.7. The molecular weight excluding hydrogens is 350 g/mol. The lowest BCUT2D eigenvalue weighted by molar-refractivity contribution is -0.124.